The Hall–Kier alpha value is -3.08. The van der Waals surface area contributed by atoms with Gasteiger partial charge in [-0.15, -0.1) is 0 Å². The normalized spacial score (nSPS) is 12.8. The van der Waals surface area contributed by atoms with E-state index in [1.54, 1.807) is 48.5 Å². The minimum Gasteiger partial charge on any atom is -0.399 e. The lowest BCUT2D eigenvalue weighted by Gasteiger charge is -2.14. The van der Waals surface area contributed by atoms with Crippen LogP contribution in [-0.4, -0.2) is 10.7 Å². The highest BCUT2D eigenvalue weighted by Crippen LogP contribution is 2.44. The standard InChI is InChI=1S/C21H20NO5P/c22-18-7-4-8-20(15-18)27-28(24,25)26-19-12-9-16(10-13-19)11-14-21(23)17-5-2-1-3-6-17/h1-10,12-13,15H,11,14,22H2,(H,24,25). The summed E-state index contributed by atoms with van der Waals surface area (Å²) < 4.78 is 22.2. The van der Waals surface area contributed by atoms with Crippen molar-refractivity contribution < 1.29 is 23.3 Å². The van der Waals surface area contributed by atoms with Crippen molar-refractivity contribution in [2.75, 3.05) is 5.73 Å². The summed E-state index contributed by atoms with van der Waals surface area (Å²) in [5.74, 6) is 0.395. The van der Waals surface area contributed by atoms with Gasteiger partial charge in [0.25, 0.3) is 0 Å². The van der Waals surface area contributed by atoms with Crippen molar-refractivity contribution in [1.29, 1.82) is 0 Å². The van der Waals surface area contributed by atoms with Gasteiger partial charge in [0.15, 0.2) is 5.78 Å². The summed E-state index contributed by atoms with van der Waals surface area (Å²) in [5, 5.41) is 0. The van der Waals surface area contributed by atoms with E-state index < -0.39 is 7.82 Å². The molecule has 0 aliphatic heterocycles. The SMILES string of the molecule is Nc1cccc(OP(=O)(O)Oc2ccc(CCC(=O)c3ccccc3)cc2)c1. The van der Waals surface area contributed by atoms with E-state index in [0.29, 0.717) is 24.1 Å². The molecule has 144 valence electrons. The number of ketones is 1. The summed E-state index contributed by atoms with van der Waals surface area (Å²) in [7, 11) is -4.35. The fourth-order valence-corrected chi connectivity index (χ4v) is 3.40. The zero-order valence-corrected chi connectivity index (χ0v) is 15.9. The van der Waals surface area contributed by atoms with Crippen molar-refractivity contribution in [3.63, 3.8) is 0 Å². The molecule has 7 heteroatoms. The number of aryl methyl sites for hydroxylation is 1. The Morgan fingerprint density at radius 3 is 2.25 bits per heavy atom. The number of rotatable bonds is 8. The summed E-state index contributed by atoms with van der Waals surface area (Å²) in [6.45, 7) is 0. The number of carbonyl (C=O) groups is 1. The molecular formula is C21H20NO5P. The summed E-state index contributed by atoms with van der Waals surface area (Å²) in [5.41, 5.74) is 7.63. The van der Waals surface area contributed by atoms with Crippen LogP contribution in [0.1, 0.15) is 22.3 Å². The van der Waals surface area contributed by atoms with Crippen molar-refractivity contribution in [2.45, 2.75) is 12.8 Å². The first-order chi connectivity index (χ1) is 13.4. The lowest BCUT2D eigenvalue weighted by Crippen LogP contribution is -2.02. The van der Waals surface area contributed by atoms with Crippen molar-refractivity contribution in [1.82, 2.24) is 0 Å². The van der Waals surface area contributed by atoms with Gasteiger partial charge >= 0.3 is 7.82 Å². The molecule has 3 aromatic rings. The Labute approximate surface area is 163 Å². The van der Waals surface area contributed by atoms with E-state index in [2.05, 4.69) is 0 Å². The van der Waals surface area contributed by atoms with Crippen LogP contribution in [0, 0.1) is 0 Å². The molecule has 0 saturated carbocycles. The predicted octanol–water partition coefficient (Wildman–Crippen LogP) is 4.64. The van der Waals surface area contributed by atoms with E-state index in [4.69, 9.17) is 14.8 Å². The topological polar surface area (TPSA) is 98.8 Å². The highest BCUT2D eigenvalue weighted by atomic mass is 31.2. The molecule has 0 bridgehead atoms. The third-order valence-electron chi connectivity index (χ3n) is 3.96. The molecule has 0 radical (unpaired) electrons. The molecule has 28 heavy (non-hydrogen) atoms. The van der Waals surface area contributed by atoms with Crippen LogP contribution in [0.3, 0.4) is 0 Å². The molecule has 0 saturated heterocycles. The molecule has 0 heterocycles. The second-order valence-corrected chi connectivity index (χ2v) is 7.46. The highest BCUT2D eigenvalue weighted by molar-refractivity contribution is 7.48. The maximum absolute atomic E-state index is 12.2. The second kappa shape index (κ2) is 8.74. The van der Waals surface area contributed by atoms with E-state index in [1.807, 2.05) is 18.2 Å². The van der Waals surface area contributed by atoms with Crippen LogP contribution in [0.15, 0.2) is 78.9 Å². The molecule has 0 aromatic heterocycles. The second-order valence-electron chi connectivity index (χ2n) is 6.16. The van der Waals surface area contributed by atoms with E-state index in [1.165, 1.54) is 12.1 Å². The number of Topliss-reactive ketones (excluding diaryl/α,β-unsaturated/α-hetero) is 1. The average Bonchev–Trinajstić information content (AvgIpc) is 2.67. The van der Waals surface area contributed by atoms with Crippen LogP contribution >= 0.6 is 7.82 Å². The molecule has 0 aliphatic carbocycles. The minimum absolute atomic E-state index is 0.0660. The van der Waals surface area contributed by atoms with Crippen LogP contribution in [0.4, 0.5) is 5.69 Å². The predicted molar refractivity (Wildman–Crippen MR) is 107 cm³/mol. The summed E-state index contributed by atoms with van der Waals surface area (Å²) in [6, 6.07) is 21.9. The lowest BCUT2D eigenvalue weighted by atomic mass is 10.0. The van der Waals surface area contributed by atoms with Crippen LogP contribution in [0.5, 0.6) is 11.5 Å². The first-order valence-corrected chi connectivity index (χ1v) is 10.2. The van der Waals surface area contributed by atoms with Crippen molar-refractivity contribution >= 4 is 19.3 Å². The van der Waals surface area contributed by atoms with E-state index in [9.17, 15) is 14.3 Å². The van der Waals surface area contributed by atoms with Gasteiger partial charge in [-0.1, -0.05) is 48.5 Å². The fourth-order valence-electron chi connectivity index (χ4n) is 2.60. The van der Waals surface area contributed by atoms with E-state index in [-0.39, 0.29) is 17.3 Å². The van der Waals surface area contributed by atoms with Crippen LogP contribution < -0.4 is 14.8 Å². The highest BCUT2D eigenvalue weighted by Gasteiger charge is 2.25. The molecule has 1 atom stereocenters. The number of anilines is 1. The Morgan fingerprint density at radius 1 is 0.893 bits per heavy atom. The largest absolute Gasteiger partial charge is 0.584 e. The molecule has 0 spiro atoms. The Kier molecular flexibility index (Phi) is 6.14. The van der Waals surface area contributed by atoms with Gasteiger partial charge in [-0.05, 0) is 36.2 Å². The molecule has 3 N–H and O–H groups in total. The number of phosphoric acid groups is 1. The Bertz CT molecular complexity index is 989. The van der Waals surface area contributed by atoms with Crippen molar-refractivity contribution in [2.24, 2.45) is 0 Å². The summed E-state index contributed by atoms with van der Waals surface area (Å²) in [4.78, 5) is 22.1. The van der Waals surface area contributed by atoms with Crippen LogP contribution in [0.2, 0.25) is 0 Å². The number of carbonyl (C=O) groups excluding carboxylic acids is 1. The maximum atomic E-state index is 12.2. The Balaban J connectivity index is 1.56. The van der Waals surface area contributed by atoms with Gasteiger partial charge in [0.1, 0.15) is 11.5 Å². The van der Waals surface area contributed by atoms with Gasteiger partial charge in [0.2, 0.25) is 0 Å². The molecule has 3 aromatic carbocycles. The lowest BCUT2D eigenvalue weighted by molar-refractivity contribution is 0.0983. The van der Waals surface area contributed by atoms with Crippen LogP contribution in [-0.2, 0) is 11.0 Å². The number of phosphoric ester groups is 1. The maximum Gasteiger partial charge on any atom is 0.584 e. The third-order valence-corrected chi connectivity index (χ3v) is 4.84. The average molecular weight is 397 g/mol. The first-order valence-electron chi connectivity index (χ1n) is 8.66. The number of nitrogens with two attached hydrogens (primary N) is 1. The number of benzene rings is 3. The monoisotopic (exact) mass is 397 g/mol. The molecule has 0 fully saturated rings. The minimum atomic E-state index is -4.35. The zero-order chi connectivity index (χ0) is 20.0. The fraction of sp³-hybridized carbons (Fsp3) is 0.0952. The van der Waals surface area contributed by atoms with Gasteiger partial charge < -0.3 is 14.8 Å². The van der Waals surface area contributed by atoms with Gasteiger partial charge in [-0.25, -0.2) is 4.57 Å². The van der Waals surface area contributed by atoms with Gasteiger partial charge in [0.05, 0.1) is 0 Å². The van der Waals surface area contributed by atoms with E-state index >= 15 is 0 Å². The van der Waals surface area contributed by atoms with Gasteiger partial charge in [-0.3, -0.25) is 9.69 Å². The molecular weight excluding hydrogens is 377 g/mol. The Morgan fingerprint density at radius 2 is 1.57 bits per heavy atom. The van der Waals surface area contributed by atoms with Crippen molar-refractivity contribution in [3.8, 4) is 11.5 Å². The van der Waals surface area contributed by atoms with Gasteiger partial charge in [0, 0.05) is 23.7 Å². The van der Waals surface area contributed by atoms with E-state index in [0.717, 1.165) is 5.56 Å². The number of hydrogen-bond donors (Lipinski definition) is 2. The summed E-state index contributed by atoms with van der Waals surface area (Å²) in [6.07, 6.45) is 0.936. The van der Waals surface area contributed by atoms with Crippen LogP contribution in [0.25, 0.3) is 0 Å². The third kappa shape index (κ3) is 5.71. The summed E-state index contributed by atoms with van der Waals surface area (Å²) >= 11 is 0. The smallest absolute Gasteiger partial charge is 0.399 e. The molecule has 6 nitrogen and oxygen atoms in total. The molecule has 0 aliphatic rings. The van der Waals surface area contributed by atoms with Gasteiger partial charge in [-0.2, -0.15) is 0 Å². The quantitative estimate of drug-likeness (QED) is 0.326. The molecule has 0 amide bonds. The molecule has 1 unspecified atom stereocenters. The zero-order valence-electron chi connectivity index (χ0n) is 15.0. The number of hydrogen-bond acceptors (Lipinski definition) is 5. The molecule has 3 rings (SSSR count). The number of nitrogen functional groups attached to an aromatic ring is 1. The first kappa shape index (κ1) is 19.7. The van der Waals surface area contributed by atoms with Crippen molar-refractivity contribution in [3.05, 3.63) is 90.0 Å².